The van der Waals surface area contributed by atoms with Gasteiger partial charge in [-0.1, -0.05) is 26.7 Å². The maximum absolute atomic E-state index is 11.4. The Labute approximate surface area is 122 Å². The van der Waals surface area contributed by atoms with E-state index in [1.165, 1.54) is 19.3 Å². The summed E-state index contributed by atoms with van der Waals surface area (Å²) in [6.07, 6.45) is 4.92. The minimum Gasteiger partial charge on any atom is -0.382 e. The highest BCUT2D eigenvalue weighted by Gasteiger charge is 2.31. The van der Waals surface area contributed by atoms with Crippen LogP contribution in [-0.4, -0.2) is 16.0 Å². The van der Waals surface area contributed by atoms with Crippen molar-refractivity contribution < 1.29 is 0 Å². The zero-order chi connectivity index (χ0) is 15.0. The molecule has 0 spiro atoms. The van der Waals surface area contributed by atoms with Crippen LogP contribution in [0, 0.1) is 5.41 Å². The minimum atomic E-state index is -0.614. The molecule has 5 nitrogen and oxygen atoms in total. The molecule has 1 unspecified atom stereocenters. The molecule has 0 bridgehead atoms. The summed E-state index contributed by atoms with van der Waals surface area (Å²) < 4.78 is 0. The van der Waals surface area contributed by atoms with E-state index in [4.69, 9.17) is 0 Å². The number of aromatic amines is 2. The molecule has 1 aliphatic carbocycles. The van der Waals surface area contributed by atoms with Gasteiger partial charge >= 0.3 is 11.1 Å². The monoisotopic (exact) mass is 287 g/mol. The highest BCUT2D eigenvalue weighted by Crippen LogP contribution is 2.37. The van der Waals surface area contributed by atoms with Gasteiger partial charge in [0, 0.05) is 11.7 Å². The van der Waals surface area contributed by atoms with Crippen LogP contribution in [0.15, 0.2) is 27.8 Å². The lowest BCUT2D eigenvalue weighted by Crippen LogP contribution is -2.38. The van der Waals surface area contributed by atoms with Crippen molar-refractivity contribution in [1.82, 2.24) is 9.97 Å². The predicted molar refractivity (Wildman–Crippen MR) is 84.8 cm³/mol. The van der Waals surface area contributed by atoms with Crippen molar-refractivity contribution in [1.29, 1.82) is 0 Å². The number of rotatable bonds is 2. The van der Waals surface area contributed by atoms with Crippen molar-refractivity contribution in [2.45, 2.75) is 45.6 Å². The van der Waals surface area contributed by atoms with Crippen molar-refractivity contribution in [3.63, 3.8) is 0 Å². The van der Waals surface area contributed by atoms with Crippen LogP contribution < -0.4 is 16.4 Å². The van der Waals surface area contributed by atoms with Gasteiger partial charge in [-0.3, -0.25) is 9.59 Å². The van der Waals surface area contributed by atoms with Gasteiger partial charge in [0.1, 0.15) is 0 Å². The number of aromatic nitrogens is 2. The molecule has 1 saturated carbocycles. The van der Waals surface area contributed by atoms with Crippen molar-refractivity contribution in [2.75, 3.05) is 5.32 Å². The number of H-pyrrole nitrogens is 2. The summed E-state index contributed by atoms with van der Waals surface area (Å²) in [5.74, 6) is 0. The summed E-state index contributed by atoms with van der Waals surface area (Å²) in [6, 6.07) is 6.09. The van der Waals surface area contributed by atoms with Gasteiger partial charge in [-0.2, -0.15) is 0 Å². The van der Waals surface area contributed by atoms with Crippen LogP contribution in [0.3, 0.4) is 0 Å². The lowest BCUT2D eigenvalue weighted by atomic mass is 9.73. The molecule has 1 fully saturated rings. The third-order valence-electron chi connectivity index (χ3n) is 4.57. The first-order valence-corrected chi connectivity index (χ1v) is 7.49. The number of benzene rings is 1. The fourth-order valence-electron chi connectivity index (χ4n) is 3.17. The molecule has 3 rings (SSSR count). The van der Waals surface area contributed by atoms with E-state index in [0.717, 1.165) is 12.1 Å². The van der Waals surface area contributed by atoms with Crippen LogP contribution in [-0.2, 0) is 0 Å². The van der Waals surface area contributed by atoms with Gasteiger partial charge in [-0.15, -0.1) is 0 Å². The molecule has 112 valence electrons. The van der Waals surface area contributed by atoms with Crippen LogP contribution in [0.5, 0.6) is 0 Å². The van der Waals surface area contributed by atoms with E-state index < -0.39 is 11.1 Å². The van der Waals surface area contributed by atoms with Crippen molar-refractivity contribution in [3.8, 4) is 0 Å². The number of hydrogen-bond donors (Lipinski definition) is 3. The van der Waals surface area contributed by atoms with Gasteiger partial charge in [-0.25, -0.2) is 0 Å². The summed E-state index contributed by atoms with van der Waals surface area (Å²) >= 11 is 0. The van der Waals surface area contributed by atoms with Crippen molar-refractivity contribution in [3.05, 3.63) is 38.9 Å². The standard InChI is InChI=1S/C16H21N3O2/c1-16(2)8-4-3-5-13(16)17-10-6-7-11-12(9-10)19-15(21)14(20)18-11/h6-7,9,13,17H,3-5,8H2,1-2H3,(H,18,20)(H,19,21). The maximum Gasteiger partial charge on any atom is 0.314 e. The molecule has 1 atom stereocenters. The normalized spacial score (nSPS) is 21.3. The second kappa shape index (κ2) is 5.06. The van der Waals surface area contributed by atoms with Gasteiger partial charge in [0.2, 0.25) is 0 Å². The lowest BCUT2D eigenvalue weighted by Gasteiger charge is -2.39. The quantitative estimate of drug-likeness (QED) is 0.743. The highest BCUT2D eigenvalue weighted by atomic mass is 16.2. The van der Waals surface area contributed by atoms with Crippen molar-refractivity contribution in [2.24, 2.45) is 5.41 Å². The van der Waals surface area contributed by atoms with Gasteiger partial charge in [-0.05, 0) is 36.5 Å². The molecule has 21 heavy (non-hydrogen) atoms. The summed E-state index contributed by atoms with van der Waals surface area (Å²) in [5, 5.41) is 3.58. The molecule has 0 aliphatic heterocycles. The Bertz CT molecular complexity index is 773. The SMILES string of the molecule is CC1(C)CCCCC1Nc1ccc2[nH]c(=O)c(=O)[nH]c2c1. The molecule has 2 aromatic rings. The van der Waals surface area contributed by atoms with Crippen LogP contribution in [0.25, 0.3) is 11.0 Å². The highest BCUT2D eigenvalue weighted by molar-refractivity contribution is 5.78. The number of fused-ring (bicyclic) bond motifs is 1. The first-order valence-electron chi connectivity index (χ1n) is 7.49. The van der Waals surface area contributed by atoms with E-state index in [1.807, 2.05) is 18.2 Å². The minimum absolute atomic E-state index is 0.269. The average molecular weight is 287 g/mol. The Morgan fingerprint density at radius 3 is 2.52 bits per heavy atom. The van der Waals surface area contributed by atoms with Crippen LogP contribution in [0.2, 0.25) is 0 Å². The summed E-state index contributed by atoms with van der Waals surface area (Å²) in [4.78, 5) is 27.9. The summed E-state index contributed by atoms with van der Waals surface area (Å²) in [6.45, 7) is 4.59. The first kappa shape index (κ1) is 13.9. The lowest BCUT2D eigenvalue weighted by molar-refractivity contribution is 0.217. The molecule has 1 aromatic heterocycles. The number of hydrogen-bond acceptors (Lipinski definition) is 3. The third kappa shape index (κ3) is 2.73. The van der Waals surface area contributed by atoms with Gasteiger partial charge in [0.05, 0.1) is 11.0 Å². The topological polar surface area (TPSA) is 77.8 Å². The predicted octanol–water partition coefficient (Wildman–Crippen LogP) is 2.60. The summed E-state index contributed by atoms with van der Waals surface area (Å²) in [5.41, 5.74) is 1.32. The average Bonchev–Trinajstić information content (AvgIpc) is 2.43. The Morgan fingerprint density at radius 2 is 1.81 bits per heavy atom. The Kier molecular flexibility index (Phi) is 3.35. The molecule has 0 radical (unpaired) electrons. The van der Waals surface area contributed by atoms with Crippen molar-refractivity contribution >= 4 is 16.7 Å². The van der Waals surface area contributed by atoms with E-state index >= 15 is 0 Å². The smallest absolute Gasteiger partial charge is 0.314 e. The second-order valence-corrected chi connectivity index (χ2v) is 6.60. The molecule has 0 amide bonds. The molecule has 0 saturated heterocycles. The summed E-state index contributed by atoms with van der Waals surface area (Å²) in [7, 11) is 0. The molecule has 5 heteroatoms. The zero-order valence-electron chi connectivity index (χ0n) is 12.5. The van der Waals surface area contributed by atoms with Gasteiger partial charge < -0.3 is 15.3 Å². The van der Waals surface area contributed by atoms with E-state index in [1.54, 1.807) is 0 Å². The fraction of sp³-hybridized carbons (Fsp3) is 0.500. The molecule has 1 heterocycles. The first-order chi connectivity index (χ1) is 9.95. The van der Waals surface area contributed by atoms with Crippen LogP contribution in [0.1, 0.15) is 39.5 Å². The third-order valence-corrected chi connectivity index (χ3v) is 4.57. The van der Waals surface area contributed by atoms with E-state index in [9.17, 15) is 9.59 Å². The van der Waals surface area contributed by atoms with Crippen LogP contribution in [0.4, 0.5) is 5.69 Å². The molecular weight excluding hydrogens is 266 g/mol. The molecular formula is C16H21N3O2. The van der Waals surface area contributed by atoms with E-state index in [2.05, 4.69) is 29.1 Å². The largest absolute Gasteiger partial charge is 0.382 e. The molecule has 3 N–H and O–H groups in total. The Morgan fingerprint density at radius 1 is 1.10 bits per heavy atom. The van der Waals surface area contributed by atoms with Gasteiger partial charge in [0.15, 0.2) is 0 Å². The van der Waals surface area contributed by atoms with Crippen LogP contribution >= 0.6 is 0 Å². The number of nitrogens with one attached hydrogen (secondary N) is 3. The van der Waals surface area contributed by atoms with Gasteiger partial charge in [0.25, 0.3) is 0 Å². The Hall–Kier alpha value is -2.04. The number of anilines is 1. The maximum atomic E-state index is 11.4. The zero-order valence-corrected chi connectivity index (χ0v) is 12.5. The molecule has 1 aliphatic rings. The Balaban J connectivity index is 1.92. The fourth-order valence-corrected chi connectivity index (χ4v) is 3.17. The molecule has 1 aromatic carbocycles. The second-order valence-electron chi connectivity index (χ2n) is 6.60. The van der Waals surface area contributed by atoms with E-state index in [-0.39, 0.29) is 5.41 Å². The van der Waals surface area contributed by atoms with E-state index in [0.29, 0.717) is 17.1 Å².